The molecule has 0 amide bonds. The summed E-state index contributed by atoms with van der Waals surface area (Å²) < 4.78 is 15.6. The summed E-state index contributed by atoms with van der Waals surface area (Å²) in [6, 6.07) is 15.6. The van der Waals surface area contributed by atoms with Gasteiger partial charge in [-0.3, -0.25) is 14.7 Å². The van der Waals surface area contributed by atoms with E-state index >= 15 is 0 Å². The molecule has 1 aliphatic heterocycles. The fraction of sp³-hybridized carbons (Fsp3) is 0.259. The van der Waals surface area contributed by atoms with Gasteiger partial charge in [0.15, 0.2) is 16.8 Å². The van der Waals surface area contributed by atoms with Crippen LogP contribution in [-0.4, -0.2) is 49.3 Å². The number of pyridine rings is 1. The number of hydrogen-bond donors (Lipinski definition) is 0. The van der Waals surface area contributed by atoms with E-state index in [2.05, 4.69) is 20.1 Å². The molecular weight excluding hydrogens is 461 g/mol. The van der Waals surface area contributed by atoms with Crippen LogP contribution >= 0.6 is 11.8 Å². The summed E-state index contributed by atoms with van der Waals surface area (Å²) in [7, 11) is 1.98. The predicted octanol–water partition coefficient (Wildman–Crippen LogP) is 4.79. The van der Waals surface area contributed by atoms with Crippen molar-refractivity contribution >= 4 is 17.5 Å². The van der Waals surface area contributed by atoms with Crippen molar-refractivity contribution in [1.29, 1.82) is 0 Å². The zero-order valence-electron chi connectivity index (χ0n) is 19.5. The van der Waals surface area contributed by atoms with Gasteiger partial charge in [-0.25, -0.2) is 4.39 Å². The number of carbonyl (C=O) groups excluding carboxylic acids is 1. The summed E-state index contributed by atoms with van der Waals surface area (Å²) in [5.74, 6) is 1.22. The molecule has 0 N–H and O–H groups in total. The minimum absolute atomic E-state index is 0.143. The number of thioether (sulfide) groups is 1. The third kappa shape index (κ3) is 5.33. The standard InChI is InChI=1S/C27H26FN5OS/c1-32-26(22-6-3-11-29-17-22)30-31-27(32)35-14-4-12-33-13-10-19-8-9-21(15-23(19)18-33)25(34)20-5-2-7-24(28)16-20/h2-3,5-9,11,15-17H,4,10,12-14,18H2,1H3. The molecule has 2 aromatic heterocycles. The number of carbonyl (C=O) groups is 1. The summed E-state index contributed by atoms with van der Waals surface area (Å²) in [4.78, 5) is 19.4. The van der Waals surface area contributed by atoms with E-state index in [9.17, 15) is 9.18 Å². The highest BCUT2D eigenvalue weighted by molar-refractivity contribution is 7.99. The lowest BCUT2D eigenvalue weighted by atomic mass is 9.94. The van der Waals surface area contributed by atoms with Gasteiger partial charge in [-0.2, -0.15) is 0 Å². The van der Waals surface area contributed by atoms with Crippen LogP contribution < -0.4 is 0 Å². The van der Waals surface area contributed by atoms with Gasteiger partial charge >= 0.3 is 0 Å². The van der Waals surface area contributed by atoms with Gasteiger partial charge in [0.1, 0.15) is 5.82 Å². The lowest BCUT2D eigenvalue weighted by Crippen LogP contribution is -2.31. The molecule has 3 heterocycles. The van der Waals surface area contributed by atoms with Crippen LogP contribution in [0.4, 0.5) is 4.39 Å². The Morgan fingerprint density at radius 1 is 1.06 bits per heavy atom. The molecule has 0 bridgehead atoms. The average molecular weight is 488 g/mol. The van der Waals surface area contributed by atoms with Gasteiger partial charge in [-0.1, -0.05) is 36.0 Å². The minimum atomic E-state index is -0.396. The Bertz CT molecular complexity index is 1340. The van der Waals surface area contributed by atoms with Gasteiger partial charge in [0, 0.05) is 55.0 Å². The molecule has 178 valence electrons. The van der Waals surface area contributed by atoms with Crippen LogP contribution in [0.1, 0.15) is 33.5 Å². The van der Waals surface area contributed by atoms with Crippen LogP contribution in [-0.2, 0) is 20.0 Å². The van der Waals surface area contributed by atoms with Crippen LogP contribution in [0.2, 0.25) is 0 Å². The van der Waals surface area contributed by atoms with E-state index in [1.165, 1.54) is 23.3 Å². The minimum Gasteiger partial charge on any atom is -0.305 e. The number of ketones is 1. The molecule has 0 aliphatic carbocycles. The highest BCUT2D eigenvalue weighted by Crippen LogP contribution is 2.25. The maximum Gasteiger partial charge on any atom is 0.193 e. The molecule has 0 atom stereocenters. The molecular formula is C27H26FN5OS. The molecule has 5 rings (SSSR count). The van der Waals surface area contributed by atoms with Gasteiger partial charge in [0.05, 0.1) is 0 Å². The number of nitrogens with zero attached hydrogens (tertiary/aromatic N) is 5. The average Bonchev–Trinajstić information content (AvgIpc) is 3.26. The molecule has 2 aromatic carbocycles. The Kier molecular flexibility index (Phi) is 7.01. The van der Waals surface area contributed by atoms with E-state index in [0.29, 0.717) is 11.1 Å². The van der Waals surface area contributed by atoms with Crippen LogP contribution in [0.5, 0.6) is 0 Å². The van der Waals surface area contributed by atoms with E-state index in [1.807, 2.05) is 41.9 Å². The van der Waals surface area contributed by atoms with Crippen molar-refractivity contribution in [3.05, 3.63) is 95.1 Å². The van der Waals surface area contributed by atoms with Crippen molar-refractivity contribution in [2.24, 2.45) is 7.05 Å². The maximum atomic E-state index is 13.6. The van der Waals surface area contributed by atoms with Crippen molar-refractivity contribution in [1.82, 2.24) is 24.6 Å². The van der Waals surface area contributed by atoms with Crippen molar-refractivity contribution < 1.29 is 9.18 Å². The Morgan fingerprint density at radius 2 is 1.94 bits per heavy atom. The van der Waals surface area contributed by atoms with Crippen LogP contribution in [0.3, 0.4) is 0 Å². The van der Waals surface area contributed by atoms with Gasteiger partial charge in [-0.15, -0.1) is 10.2 Å². The monoisotopic (exact) mass is 487 g/mol. The first-order valence-electron chi connectivity index (χ1n) is 11.7. The fourth-order valence-electron chi connectivity index (χ4n) is 4.38. The van der Waals surface area contributed by atoms with E-state index in [1.54, 1.807) is 36.3 Å². The Morgan fingerprint density at radius 3 is 2.77 bits per heavy atom. The van der Waals surface area contributed by atoms with Crippen LogP contribution in [0.15, 0.2) is 72.1 Å². The molecule has 6 nitrogen and oxygen atoms in total. The second-order valence-corrected chi connectivity index (χ2v) is 9.72. The third-order valence-electron chi connectivity index (χ3n) is 6.25. The molecule has 1 aliphatic rings. The first-order valence-corrected chi connectivity index (χ1v) is 12.6. The Hall–Kier alpha value is -3.36. The quantitative estimate of drug-likeness (QED) is 0.202. The second kappa shape index (κ2) is 10.5. The SMILES string of the molecule is Cn1c(SCCCN2CCc3ccc(C(=O)c4cccc(F)c4)cc3C2)nnc1-c1cccnc1. The summed E-state index contributed by atoms with van der Waals surface area (Å²) in [6.45, 7) is 2.80. The summed E-state index contributed by atoms with van der Waals surface area (Å²) in [5, 5.41) is 9.56. The highest BCUT2D eigenvalue weighted by atomic mass is 32.2. The maximum absolute atomic E-state index is 13.6. The van der Waals surface area contributed by atoms with Gasteiger partial charge < -0.3 is 4.57 Å². The predicted molar refractivity (Wildman–Crippen MR) is 135 cm³/mol. The number of fused-ring (bicyclic) bond motifs is 1. The third-order valence-corrected chi connectivity index (χ3v) is 7.36. The van der Waals surface area contributed by atoms with E-state index in [4.69, 9.17) is 0 Å². The van der Waals surface area contributed by atoms with E-state index in [-0.39, 0.29) is 5.78 Å². The first kappa shape index (κ1) is 23.4. The smallest absolute Gasteiger partial charge is 0.193 e. The molecule has 0 saturated carbocycles. The van der Waals surface area contributed by atoms with Crippen LogP contribution in [0.25, 0.3) is 11.4 Å². The Labute approximate surface area is 208 Å². The lowest BCUT2D eigenvalue weighted by molar-refractivity contribution is 0.103. The molecule has 35 heavy (non-hydrogen) atoms. The summed E-state index contributed by atoms with van der Waals surface area (Å²) >= 11 is 1.71. The normalized spacial score (nSPS) is 13.5. The molecule has 0 fully saturated rings. The lowest BCUT2D eigenvalue weighted by Gasteiger charge is -2.29. The van der Waals surface area contributed by atoms with Crippen molar-refractivity contribution in [2.75, 3.05) is 18.8 Å². The number of benzene rings is 2. The van der Waals surface area contributed by atoms with Gasteiger partial charge in [0.25, 0.3) is 0 Å². The van der Waals surface area contributed by atoms with Gasteiger partial charge in [-0.05, 0) is 60.8 Å². The number of hydrogen-bond acceptors (Lipinski definition) is 6. The molecule has 0 spiro atoms. The van der Waals surface area contributed by atoms with Crippen LogP contribution in [0, 0.1) is 5.82 Å². The molecule has 8 heteroatoms. The molecule has 0 saturated heterocycles. The number of halogens is 1. The fourth-order valence-corrected chi connectivity index (χ4v) is 5.22. The topological polar surface area (TPSA) is 63.9 Å². The summed E-state index contributed by atoms with van der Waals surface area (Å²) in [6.07, 6.45) is 5.53. The number of rotatable bonds is 8. The van der Waals surface area contributed by atoms with E-state index in [0.717, 1.165) is 54.8 Å². The summed E-state index contributed by atoms with van der Waals surface area (Å²) in [5.41, 5.74) is 4.41. The van der Waals surface area contributed by atoms with Gasteiger partial charge in [0.2, 0.25) is 0 Å². The zero-order valence-corrected chi connectivity index (χ0v) is 20.3. The zero-order chi connectivity index (χ0) is 24.2. The highest BCUT2D eigenvalue weighted by Gasteiger charge is 2.19. The van der Waals surface area contributed by atoms with E-state index < -0.39 is 5.82 Å². The van der Waals surface area contributed by atoms with Crippen molar-refractivity contribution in [2.45, 2.75) is 24.5 Å². The molecule has 0 unspecified atom stereocenters. The second-order valence-electron chi connectivity index (χ2n) is 8.66. The van der Waals surface area contributed by atoms with Crippen molar-refractivity contribution in [3.8, 4) is 11.4 Å². The molecule has 0 radical (unpaired) electrons. The largest absolute Gasteiger partial charge is 0.305 e. The molecule has 4 aromatic rings. The Balaban J connectivity index is 1.16. The van der Waals surface area contributed by atoms with Crippen molar-refractivity contribution in [3.63, 3.8) is 0 Å². The first-order chi connectivity index (χ1) is 17.1. The number of aromatic nitrogens is 4.